The van der Waals surface area contributed by atoms with Crippen molar-refractivity contribution in [1.29, 1.82) is 0 Å². The third kappa shape index (κ3) is 2.50. The standard InChI is InChI=1S/C12H17N5/c1-3-10-8-12(16-9(2)15-10)17-7-6-14-11(17)4-5-13/h6-8H,3-5,13H2,1-2H3. The summed E-state index contributed by atoms with van der Waals surface area (Å²) in [6, 6.07) is 1.99. The zero-order chi connectivity index (χ0) is 12.3. The first-order chi connectivity index (χ1) is 8.24. The number of aryl methyl sites for hydroxylation is 2. The zero-order valence-electron chi connectivity index (χ0n) is 10.2. The maximum atomic E-state index is 5.57. The molecule has 0 saturated heterocycles. The minimum Gasteiger partial charge on any atom is -0.330 e. The minimum absolute atomic E-state index is 0.585. The van der Waals surface area contributed by atoms with Gasteiger partial charge in [0.05, 0.1) is 0 Å². The molecule has 0 saturated carbocycles. The largest absolute Gasteiger partial charge is 0.330 e. The van der Waals surface area contributed by atoms with Crippen molar-refractivity contribution in [3.05, 3.63) is 35.8 Å². The molecule has 2 rings (SSSR count). The maximum absolute atomic E-state index is 5.57. The number of hydrogen-bond donors (Lipinski definition) is 1. The van der Waals surface area contributed by atoms with Gasteiger partial charge in [0, 0.05) is 30.6 Å². The third-order valence-corrected chi connectivity index (χ3v) is 2.57. The fourth-order valence-electron chi connectivity index (χ4n) is 1.77. The quantitative estimate of drug-likeness (QED) is 0.853. The van der Waals surface area contributed by atoms with Crippen molar-refractivity contribution in [2.24, 2.45) is 5.73 Å². The van der Waals surface area contributed by atoms with Crippen LogP contribution in [0.3, 0.4) is 0 Å². The molecule has 2 aromatic heterocycles. The van der Waals surface area contributed by atoms with Crippen LogP contribution in [0.25, 0.3) is 5.82 Å². The summed E-state index contributed by atoms with van der Waals surface area (Å²) in [6.45, 7) is 4.57. The highest BCUT2D eigenvalue weighted by atomic mass is 15.1. The summed E-state index contributed by atoms with van der Waals surface area (Å²) in [5.41, 5.74) is 6.61. The molecule has 0 atom stereocenters. The van der Waals surface area contributed by atoms with Gasteiger partial charge in [0.1, 0.15) is 17.5 Å². The van der Waals surface area contributed by atoms with Crippen LogP contribution < -0.4 is 5.73 Å². The van der Waals surface area contributed by atoms with Crippen molar-refractivity contribution in [3.8, 4) is 5.82 Å². The zero-order valence-corrected chi connectivity index (χ0v) is 10.2. The summed E-state index contributed by atoms with van der Waals surface area (Å²) in [5.74, 6) is 2.59. The number of aromatic nitrogens is 4. The average Bonchev–Trinajstić information content (AvgIpc) is 2.77. The van der Waals surface area contributed by atoms with Crippen LogP contribution in [0, 0.1) is 6.92 Å². The molecule has 0 bridgehead atoms. The molecule has 0 unspecified atom stereocenters. The molecule has 0 spiro atoms. The van der Waals surface area contributed by atoms with E-state index in [0.717, 1.165) is 36.0 Å². The lowest BCUT2D eigenvalue weighted by molar-refractivity contribution is 0.807. The molecule has 2 aromatic rings. The fourth-order valence-corrected chi connectivity index (χ4v) is 1.77. The lowest BCUT2D eigenvalue weighted by Crippen LogP contribution is -2.10. The van der Waals surface area contributed by atoms with Crippen LogP contribution in [0.5, 0.6) is 0 Å². The van der Waals surface area contributed by atoms with Crippen LogP contribution in [-0.2, 0) is 12.8 Å². The van der Waals surface area contributed by atoms with E-state index in [-0.39, 0.29) is 0 Å². The Kier molecular flexibility index (Phi) is 3.49. The van der Waals surface area contributed by atoms with Gasteiger partial charge in [-0.3, -0.25) is 4.57 Å². The second-order valence-electron chi connectivity index (χ2n) is 3.87. The van der Waals surface area contributed by atoms with Crippen molar-refractivity contribution in [2.45, 2.75) is 26.7 Å². The summed E-state index contributed by atoms with van der Waals surface area (Å²) in [6.07, 6.45) is 5.33. The van der Waals surface area contributed by atoms with Crippen LogP contribution in [-0.4, -0.2) is 26.1 Å². The lowest BCUT2D eigenvalue weighted by atomic mass is 10.3. The molecule has 90 valence electrons. The topological polar surface area (TPSA) is 69.6 Å². The molecular weight excluding hydrogens is 214 g/mol. The van der Waals surface area contributed by atoms with E-state index in [9.17, 15) is 0 Å². The van der Waals surface area contributed by atoms with Gasteiger partial charge >= 0.3 is 0 Å². The molecule has 0 amide bonds. The van der Waals surface area contributed by atoms with Crippen LogP contribution in [0.15, 0.2) is 18.5 Å². The van der Waals surface area contributed by atoms with Crippen molar-refractivity contribution in [2.75, 3.05) is 6.54 Å². The third-order valence-electron chi connectivity index (χ3n) is 2.57. The van der Waals surface area contributed by atoms with Gasteiger partial charge in [0.25, 0.3) is 0 Å². The Morgan fingerprint density at radius 1 is 1.35 bits per heavy atom. The summed E-state index contributed by atoms with van der Waals surface area (Å²) in [4.78, 5) is 13.1. The Labute approximate surface area is 101 Å². The molecule has 5 nitrogen and oxygen atoms in total. The molecule has 0 aliphatic heterocycles. The normalized spacial score (nSPS) is 10.8. The maximum Gasteiger partial charge on any atom is 0.142 e. The van der Waals surface area contributed by atoms with E-state index in [2.05, 4.69) is 21.9 Å². The summed E-state index contributed by atoms with van der Waals surface area (Å²) in [5, 5.41) is 0. The molecule has 17 heavy (non-hydrogen) atoms. The minimum atomic E-state index is 0.585. The molecule has 0 aliphatic rings. The number of nitrogens with zero attached hydrogens (tertiary/aromatic N) is 4. The van der Waals surface area contributed by atoms with Crippen LogP contribution >= 0.6 is 0 Å². The van der Waals surface area contributed by atoms with Gasteiger partial charge in [-0.25, -0.2) is 15.0 Å². The van der Waals surface area contributed by atoms with Gasteiger partial charge in [-0.1, -0.05) is 6.92 Å². The van der Waals surface area contributed by atoms with E-state index < -0.39 is 0 Å². The first-order valence-corrected chi connectivity index (χ1v) is 5.81. The summed E-state index contributed by atoms with van der Waals surface area (Å²) < 4.78 is 1.97. The molecular formula is C12H17N5. The van der Waals surface area contributed by atoms with Gasteiger partial charge in [-0.05, 0) is 19.9 Å². The van der Waals surface area contributed by atoms with E-state index in [1.54, 1.807) is 6.20 Å². The highest BCUT2D eigenvalue weighted by Crippen LogP contribution is 2.10. The smallest absolute Gasteiger partial charge is 0.142 e. The van der Waals surface area contributed by atoms with Gasteiger partial charge in [0.15, 0.2) is 0 Å². The fraction of sp³-hybridized carbons (Fsp3) is 0.417. The Hall–Kier alpha value is -1.75. The molecule has 5 heteroatoms. The Morgan fingerprint density at radius 2 is 2.18 bits per heavy atom. The summed E-state index contributed by atoms with van der Waals surface area (Å²) in [7, 11) is 0. The van der Waals surface area contributed by atoms with Crippen molar-refractivity contribution in [1.82, 2.24) is 19.5 Å². The molecule has 2 N–H and O–H groups in total. The first kappa shape index (κ1) is 11.7. The van der Waals surface area contributed by atoms with Gasteiger partial charge in [-0.15, -0.1) is 0 Å². The van der Waals surface area contributed by atoms with Gasteiger partial charge in [0.2, 0.25) is 0 Å². The second kappa shape index (κ2) is 5.05. The number of nitrogens with two attached hydrogens (primary N) is 1. The number of hydrogen-bond acceptors (Lipinski definition) is 4. The number of imidazole rings is 1. The Bertz CT molecular complexity index is 503. The SMILES string of the molecule is CCc1cc(-n2ccnc2CCN)nc(C)n1. The van der Waals surface area contributed by atoms with E-state index in [1.807, 2.05) is 23.8 Å². The van der Waals surface area contributed by atoms with E-state index in [4.69, 9.17) is 5.73 Å². The lowest BCUT2D eigenvalue weighted by Gasteiger charge is -2.08. The monoisotopic (exact) mass is 231 g/mol. The van der Waals surface area contributed by atoms with Crippen LogP contribution in [0.1, 0.15) is 24.3 Å². The van der Waals surface area contributed by atoms with Crippen molar-refractivity contribution >= 4 is 0 Å². The summed E-state index contributed by atoms with van der Waals surface area (Å²) >= 11 is 0. The average molecular weight is 231 g/mol. The Balaban J connectivity index is 2.44. The van der Waals surface area contributed by atoms with Crippen molar-refractivity contribution in [3.63, 3.8) is 0 Å². The molecule has 0 aromatic carbocycles. The Morgan fingerprint density at radius 3 is 2.88 bits per heavy atom. The van der Waals surface area contributed by atoms with Crippen LogP contribution in [0.4, 0.5) is 0 Å². The first-order valence-electron chi connectivity index (χ1n) is 5.81. The highest BCUT2D eigenvalue weighted by Gasteiger charge is 2.07. The molecule has 0 fully saturated rings. The molecule has 0 radical (unpaired) electrons. The molecule has 0 aliphatic carbocycles. The van der Waals surface area contributed by atoms with E-state index >= 15 is 0 Å². The van der Waals surface area contributed by atoms with Gasteiger partial charge < -0.3 is 5.73 Å². The predicted molar refractivity (Wildman–Crippen MR) is 66.0 cm³/mol. The number of rotatable bonds is 4. The molecule has 2 heterocycles. The van der Waals surface area contributed by atoms with Crippen molar-refractivity contribution < 1.29 is 0 Å². The van der Waals surface area contributed by atoms with Crippen LogP contribution in [0.2, 0.25) is 0 Å². The second-order valence-corrected chi connectivity index (χ2v) is 3.87. The van der Waals surface area contributed by atoms with E-state index in [0.29, 0.717) is 6.54 Å². The predicted octanol–water partition coefficient (Wildman–Crippen LogP) is 1.03. The van der Waals surface area contributed by atoms with E-state index in [1.165, 1.54) is 0 Å². The highest BCUT2D eigenvalue weighted by molar-refractivity contribution is 5.27. The van der Waals surface area contributed by atoms with Gasteiger partial charge in [-0.2, -0.15) is 0 Å².